The zero-order valence-electron chi connectivity index (χ0n) is 18.2. The number of hydrogen-bond donors (Lipinski definition) is 2. The zero-order chi connectivity index (χ0) is 22.9. The molecule has 0 aliphatic heterocycles. The molecule has 0 saturated carbocycles. The van der Waals surface area contributed by atoms with E-state index in [-0.39, 0.29) is 17.3 Å². The Balaban J connectivity index is 1.98. The largest absolute Gasteiger partial charge is 0.493 e. The molecular weight excluding hydrogens is 416 g/mol. The highest BCUT2D eigenvalue weighted by Crippen LogP contribution is 2.28. The molecule has 8 heteroatoms. The molecule has 2 N–H and O–H groups in total. The van der Waals surface area contributed by atoms with Gasteiger partial charge in [-0.25, -0.2) is 13.1 Å². The number of sulfonamides is 1. The van der Waals surface area contributed by atoms with Crippen molar-refractivity contribution in [2.45, 2.75) is 31.7 Å². The van der Waals surface area contributed by atoms with Crippen LogP contribution in [0.2, 0.25) is 0 Å². The molecule has 31 heavy (non-hydrogen) atoms. The van der Waals surface area contributed by atoms with Gasteiger partial charge in [0.05, 0.1) is 18.6 Å². The molecule has 0 radical (unpaired) electrons. The average molecular weight is 447 g/mol. The van der Waals surface area contributed by atoms with Crippen LogP contribution in [0.15, 0.2) is 60.0 Å². The average Bonchev–Trinajstić information content (AvgIpc) is 2.76. The van der Waals surface area contributed by atoms with Gasteiger partial charge in [-0.1, -0.05) is 26.0 Å². The van der Waals surface area contributed by atoms with Crippen LogP contribution in [0, 0.1) is 5.92 Å². The highest BCUT2D eigenvalue weighted by Gasteiger charge is 2.14. The molecule has 0 saturated heterocycles. The van der Waals surface area contributed by atoms with E-state index in [1.54, 1.807) is 7.11 Å². The topological polar surface area (TPSA) is 93.7 Å². The van der Waals surface area contributed by atoms with E-state index in [0.717, 1.165) is 12.0 Å². The first-order chi connectivity index (χ1) is 14.8. The number of carbonyl (C=O) groups is 1. The minimum absolute atomic E-state index is 0.0868. The highest BCUT2D eigenvalue weighted by atomic mass is 32.2. The summed E-state index contributed by atoms with van der Waals surface area (Å²) in [5.74, 6) is 1.52. The van der Waals surface area contributed by atoms with Crippen molar-refractivity contribution in [1.82, 2.24) is 10.0 Å². The smallest absolute Gasteiger partial charge is 0.251 e. The molecule has 2 aromatic carbocycles. The van der Waals surface area contributed by atoms with Crippen LogP contribution >= 0.6 is 0 Å². The maximum absolute atomic E-state index is 12.4. The summed E-state index contributed by atoms with van der Waals surface area (Å²) in [6, 6.07) is 11.3. The molecule has 2 rings (SSSR count). The fourth-order valence-corrected chi connectivity index (χ4v) is 3.67. The Hall–Kier alpha value is -2.84. The number of hydrogen-bond acceptors (Lipinski definition) is 5. The van der Waals surface area contributed by atoms with Gasteiger partial charge in [0.25, 0.3) is 5.91 Å². The van der Waals surface area contributed by atoms with Crippen LogP contribution in [-0.4, -0.2) is 34.6 Å². The second-order valence-electron chi connectivity index (χ2n) is 7.36. The fourth-order valence-electron chi connectivity index (χ4n) is 2.67. The minimum atomic E-state index is -3.62. The lowest BCUT2D eigenvalue weighted by Crippen LogP contribution is -2.24. The molecule has 168 valence electrons. The Morgan fingerprint density at radius 1 is 1.13 bits per heavy atom. The van der Waals surface area contributed by atoms with E-state index >= 15 is 0 Å². The number of amides is 1. The fraction of sp³-hybridized carbons (Fsp3) is 0.348. The molecule has 2 aromatic rings. The molecule has 0 bridgehead atoms. The lowest BCUT2D eigenvalue weighted by molar-refractivity contribution is 0.0950. The van der Waals surface area contributed by atoms with Gasteiger partial charge in [-0.05, 0) is 54.3 Å². The van der Waals surface area contributed by atoms with Gasteiger partial charge < -0.3 is 14.8 Å². The molecule has 0 aliphatic rings. The van der Waals surface area contributed by atoms with Crippen molar-refractivity contribution in [3.8, 4) is 11.5 Å². The molecular formula is C23H30N2O5S. The first-order valence-corrected chi connectivity index (χ1v) is 11.5. The summed E-state index contributed by atoms with van der Waals surface area (Å²) >= 11 is 0. The van der Waals surface area contributed by atoms with E-state index in [2.05, 4.69) is 30.5 Å². The molecule has 0 atom stereocenters. The van der Waals surface area contributed by atoms with Crippen molar-refractivity contribution >= 4 is 15.9 Å². The second kappa shape index (κ2) is 11.5. The van der Waals surface area contributed by atoms with E-state index in [1.165, 1.54) is 30.3 Å². The third kappa shape index (κ3) is 7.41. The van der Waals surface area contributed by atoms with Gasteiger partial charge >= 0.3 is 0 Å². The molecule has 0 fully saturated rings. The predicted molar refractivity (Wildman–Crippen MR) is 121 cm³/mol. The van der Waals surface area contributed by atoms with Crippen LogP contribution in [-0.2, 0) is 16.6 Å². The van der Waals surface area contributed by atoms with E-state index < -0.39 is 10.0 Å². The van der Waals surface area contributed by atoms with Gasteiger partial charge in [0.2, 0.25) is 10.0 Å². The molecule has 0 unspecified atom stereocenters. The van der Waals surface area contributed by atoms with Gasteiger partial charge in [0, 0.05) is 18.7 Å². The summed E-state index contributed by atoms with van der Waals surface area (Å²) in [5, 5.41) is 2.82. The Kier molecular flexibility index (Phi) is 9.08. The Morgan fingerprint density at radius 2 is 1.84 bits per heavy atom. The third-order valence-corrected chi connectivity index (χ3v) is 5.92. The SMILES string of the molecule is C=CCNS(=O)(=O)c1ccc(C(=O)NCc2ccc(OCCC(C)C)c(OC)c2)cc1. The van der Waals surface area contributed by atoms with Gasteiger partial charge in [-0.3, -0.25) is 4.79 Å². The van der Waals surface area contributed by atoms with Gasteiger partial charge in [0.15, 0.2) is 11.5 Å². The monoisotopic (exact) mass is 446 g/mol. The summed E-state index contributed by atoms with van der Waals surface area (Å²) in [6.07, 6.45) is 2.41. The van der Waals surface area contributed by atoms with Crippen LogP contribution in [0.25, 0.3) is 0 Å². The second-order valence-corrected chi connectivity index (χ2v) is 9.13. The van der Waals surface area contributed by atoms with Crippen molar-refractivity contribution in [2.24, 2.45) is 5.92 Å². The molecule has 0 spiro atoms. The minimum Gasteiger partial charge on any atom is -0.493 e. The van der Waals surface area contributed by atoms with Crippen molar-refractivity contribution in [3.05, 3.63) is 66.2 Å². The number of benzene rings is 2. The Bertz CT molecular complexity index is 986. The summed E-state index contributed by atoms with van der Waals surface area (Å²) < 4.78 is 37.7. The lowest BCUT2D eigenvalue weighted by atomic mass is 10.1. The van der Waals surface area contributed by atoms with Gasteiger partial charge in [-0.15, -0.1) is 6.58 Å². The van der Waals surface area contributed by atoms with Crippen molar-refractivity contribution < 1.29 is 22.7 Å². The Morgan fingerprint density at radius 3 is 2.45 bits per heavy atom. The molecule has 7 nitrogen and oxygen atoms in total. The van der Waals surface area contributed by atoms with E-state index in [4.69, 9.17) is 9.47 Å². The Labute approximate surface area is 184 Å². The number of ether oxygens (including phenoxy) is 2. The number of nitrogens with one attached hydrogen (secondary N) is 2. The molecule has 1 amide bonds. The summed E-state index contributed by atoms with van der Waals surface area (Å²) in [5.41, 5.74) is 1.22. The maximum Gasteiger partial charge on any atom is 0.251 e. The van der Waals surface area contributed by atoms with Crippen molar-refractivity contribution in [1.29, 1.82) is 0 Å². The maximum atomic E-state index is 12.4. The van der Waals surface area contributed by atoms with Gasteiger partial charge in [-0.2, -0.15) is 0 Å². The normalized spacial score (nSPS) is 11.2. The van der Waals surface area contributed by atoms with Crippen molar-refractivity contribution in [3.63, 3.8) is 0 Å². The first kappa shape index (κ1) is 24.4. The summed E-state index contributed by atoms with van der Waals surface area (Å²) in [7, 11) is -2.05. The van der Waals surface area contributed by atoms with E-state index in [9.17, 15) is 13.2 Å². The molecule has 0 heterocycles. The number of carbonyl (C=O) groups excluding carboxylic acids is 1. The standard InChI is InChI=1S/C23H30N2O5S/c1-5-13-25-31(27,28)20-9-7-19(8-10-20)23(26)24-16-18-6-11-21(22(15-18)29-4)30-14-12-17(2)3/h5-11,15,17,25H,1,12-14,16H2,2-4H3,(H,24,26). The van der Waals surface area contributed by atoms with Crippen LogP contribution in [0.5, 0.6) is 11.5 Å². The number of rotatable bonds is 12. The zero-order valence-corrected chi connectivity index (χ0v) is 19.0. The lowest BCUT2D eigenvalue weighted by Gasteiger charge is -2.13. The van der Waals surface area contributed by atoms with Crippen molar-refractivity contribution in [2.75, 3.05) is 20.3 Å². The first-order valence-electron chi connectivity index (χ1n) is 10.1. The van der Waals surface area contributed by atoms with Gasteiger partial charge in [0.1, 0.15) is 0 Å². The van der Waals surface area contributed by atoms with E-state index in [1.807, 2.05) is 18.2 Å². The number of methoxy groups -OCH3 is 1. The van der Waals surface area contributed by atoms with E-state index in [0.29, 0.717) is 36.1 Å². The van der Waals surface area contributed by atoms with Crippen LogP contribution < -0.4 is 19.5 Å². The predicted octanol–water partition coefficient (Wildman–Crippen LogP) is 3.51. The quantitative estimate of drug-likeness (QED) is 0.487. The molecule has 0 aliphatic carbocycles. The van der Waals surface area contributed by atoms with Crippen LogP contribution in [0.1, 0.15) is 36.2 Å². The molecule has 0 aromatic heterocycles. The van der Waals surface area contributed by atoms with Crippen LogP contribution in [0.4, 0.5) is 0 Å². The highest BCUT2D eigenvalue weighted by molar-refractivity contribution is 7.89. The summed E-state index contributed by atoms with van der Waals surface area (Å²) in [6.45, 7) is 8.79. The third-order valence-electron chi connectivity index (χ3n) is 4.48. The van der Waals surface area contributed by atoms with Crippen LogP contribution in [0.3, 0.4) is 0 Å². The summed E-state index contributed by atoms with van der Waals surface area (Å²) in [4.78, 5) is 12.5.